The SMILES string of the molecule is COc1ccc(NC(=O)N(C)C[C@@H]2CCCN(CCc3ccc(F)cc3)C2)c(C)c1. The number of hydrogen-bond acceptors (Lipinski definition) is 3. The van der Waals surface area contributed by atoms with Gasteiger partial charge in [0.1, 0.15) is 11.6 Å². The molecule has 0 aliphatic carbocycles. The number of nitrogens with zero attached hydrogens (tertiary/aromatic N) is 2. The lowest BCUT2D eigenvalue weighted by Crippen LogP contribution is -2.43. The van der Waals surface area contributed by atoms with Crippen molar-refractivity contribution < 1.29 is 13.9 Å². The van der Waals surface area contributed by atoms with Crippen molar-refractivity contribution in [3.05, 3.63) is 59.4 Å². The maximum absolute atomic E-state index is 13.1. The molecule has 1 aliphatic heterocycles. The molecule has 0 aromatic heterocycles. The van der Waals surface area contributed by atoms with Gasteiger partial charge in [0.25, 0.3) is 0 Å². The van der Waals surface area contributed by atoms with Gasteiger partial charge in [-0.1, -0.05) is 12.1 Å². The van der Waals surface area contributed by atoms with E-state index in [0.717, 1.165) is 68.0 Å². The molecule has 0 radical (unpaired) electrons. The summed E-state index contributed by atoms with van der Waals surface area (Å²) in [5, 5.41) is 3.00. The predicted molar refractivity (Wildman–Crippen MR) is 119 cm³/mol. The fraction of sp³-hybridized carbons (Fsp3) is 0.458. The molecule has 0 unspecified atom stereocenters. The molecule has 162 valence electrons. The smallest absolute Gasteiger partial charge is 0.321 e. The highest BCUT2D eigenvalue weighted by atomic mass is 19.1. The Morgan fingerprint density at radius 1 is 1.27 bits per heavy atom. The van der Waals surface area contributed by atoms with Crippen LogP contribution in [0.2, 0.25) is 0 Å². The third-order valence-corrected chi connectivity index (χ3v) is 5.79. The normalized spacial score (nSPS) is 16.9. The van der Waals surface area contributed by atoms with E-state index in [1.807, 2.05) is 44.3 Å². The molecule has 1 heterocycles. The van der Waals surface area contributed by atoms with Gasteiger partial charge in [-0.3, -0.25) is 0 Å². The summed E-state index contributed by atoms with van der Waals surface area (Å²) in [5.41, 5.74) is 2.93. The van der Waals surface area contributed by atoms with E-state index in [2.05, 4.69) is 10.2 Å². The number of ether oxygens (including phenoxy) is 1. The Morgan fingerprint density at radius 3 is 2.73 bits per heavy atom. The first kappa shape index (κ1) is 22.1. The third-order valence-electron chi connectivity index (χ3n) is 5.79. The molecule has 1 saturated heterocycles. The van der Waals surface area contributed by atoms with Gasteiger partial charge in [0.15, 0.2) is 0 Å². The summed E-state index contributed by atoms with van der Waals surface area (Å²) >= 11 is 0. The van der Waals surface area contributed by atoms with Crippen molar-refractivity contribution >= 4 is 11.7 Å². The van der Waals surface area contributed by atoms with Crippen LogP contribution in [0.1, 0.15) is 24.0 Å². The lowest BCUT2D eigenvalue weighted by atomic mass is 9.97. The van der Waals surface area contributed by atoms with Crippen LogP contribution in [0.15, 0.2) is 42.5 Å². The minimum Gasteiger partial charge on any atom is -0.497 e. The van der Waals surface area contributed by atoms with Crippen molar-refractivity contribution in [1.29, 1.82) is 0 Å². The molecule has 2 aromatic carbocycles. The number of rotatable bonds is 7. The lowest BCUT2D eigenvalue weighted by molar-refractivity contribution is 0.150. The van der Waals surface area contributed by atoms with E-state index in [-0.39, 0.29) is 11.8 Å². The quantitative estimate of drug-likeness (QED) is 0.724. The molecule has 0 spiro atoms. The summed E-state index contributed by atoms with van der Waals surface area (Å²) in [5.74, 6) is 1.05. The van der Waals surface area contributed by atoms with E-state index >= 15 is 0 Å². The summed E-state index contributed by atoms with van der Waals surface area (Å²) in [6, 6.07) is 12.3. The second kappa shape index (κ2) is 10.4. The number of piperidine rings is 1. The first-order valence-corrected chi connectivity index (χ1v) is 10.6. The van der Waals surface area contributed by atoms with Gasteiger partial charge in [0.2, 0.25) is 0 Å². The van der Waals surface area contributed by atoms with Gasteiger partial charge in [-0.2, -0.15) is 0 Å². The van der Waals surface area contributed by atoms with Crippen molar-refractivity contribution in [2.45, 2.75) is 26.2 Å². The van der Waals surface area contributed by atoms with E-state index in [9.17, 15) is 9.18 Å². The molecule has 2 amide bonds. The Labute approximate surface area is 178 Å². The number of aryl methyl sites for hydroxylation is 1. The molecule has 2 aromatic rings. The molecule has 1 N–H and O–H groups in total. The Kier molecular flexibility index (Phi) is 7.69. The zero-order chi connectivity index (χ0) is 21.5. The summed E-state index contributed by atoms with van der Waals surface area (Å²) in [6.07, 6.45) is 3.19. The first-order valence-electron chi connectivity index (χ1n) is 10.6. The molecular formula is C24H32FN3O2. The van der Waals surface area contributed by atoms with Crippen molar-refractivity contribution in [1.82, 2.24) is 9.80 Å². The number of anilines is 1. The van der Waals surface area contributed by atoms with Crippen LogP contribution in [0.3, 0.4) is 0 Å². The molecule has 0 saturated carbocycles. The zero-order valence-electron chi connectivity index (χ0n) is 18.2. The van der Waals surface area contributed by atoms with E-state index in [0.29, 0.717) is 5.92 Å². The lowest BCUT2D eigenvalue weighted by Gasteiger charge is -2.34. The van der Waals surface area contributed by atoms with Crippen LogP contribution in [-0.2, 0) is 6.42 Å². The van der Waals surface area contributed by atoms with Crippen LogP contribution < -0.4 is 10.1 Å². The number of nitrogens with one attached hydrogen (secondary N) is 1. The number of benzene rings is 2. The molecule has 3 rings (SSSR count). The first-order chi connectivity index (χ1) is 14.4. The molecule has 0 bridgehead atoms. The molecule has 1 fully saturated rings. The summed E-state index contributed by atoms with van der Waals surface area (Å²) < 4.78 is 18.3. The number of carbonyl (C=O) groups is 1. The Balaban J connectivity index is 1.47. The highest BCUT2D eigenvalue weighted by Gasteiger charge is 2.23. The third kappa shape index (κ3) is 6.20. The van der Waals surface area contributed by atoms with Crippen LogP contribution in [0.25, 0.3) is 0 Å². The van der Waals surface area contributed by atoms with Crippen molar-refractivity contribution in [2.24, 2.45) is 5.92 Å². The Hall–Kier alpha value is -2.60. The van der Waals surface area contributed by atoms with Gasteiger partial charge in [0, 0.05) is 32.4 Å². The second-order valence-electron chi connectivity index (χ2n) is 8.18. The Morgan fingerprint density at radius 2 is 2.03 bits per heavy atom. The average molecular weight is 414 g/mol. The highest BCUT2D eigenvalue weighted by molar-refractivity contribution is 5.90. The number of amides is 2. The highest BCUT2D eigenvalue weighted by Crippen LogP contribution is 2.22. The molecular weight excluding hydrogens is 381 g/mol. The average Bonchev–Trinajstić information content (AvgIpc) is 2.75. The van der Waals surface area contributed by atoms with Crippen molar-refractivity contribution in [3.8, 4) is 5.75 Å². The van der Waals surface area contributed by atoms with Crippen LogP contribution in [0, 0.1) is 18.7 Å². The molecule has 1 aliphatic rings. The van der Waals surface area contributed by atoms with E-state index in [1.54, 1.807) is 12.0 Å². The number of likely N-dealkylation sites (tertiary alicyclic amines) is 1. The predicted octanol–water partition coefficient (Wildman–Crippen LogP) is 4.56. The number of urea groups is 1. The number of halogens is 1. The monoisotopic (exact) mass is 413 g/mol. The second-order valence-corrected chi connectivity index (χ2v) is 8.18. The maximum atomic E-state index is 13.1. The maximum Gasteiger partial charge on any atom is 0.321 e. The summed E-state index contributed by atoms with van der Waals surface area (Å²) in [6.45, 7) is 5.72. The van der Waals surface area contributed by atoms with Crippen LogP contribution in [-0.4, -0.2) is 56.2 Å². The topological polar surface area (TPSA) is 44.8 Å². The fourth-order valence-electron chi connectivity index (χ4n) is 4.03. The van der Waals surface area contributed by atoms with Gasteiger partial charge in [-0.25, -0.2) is 9.18 Å². The van der Waals surface area contributed by atoms with Crippen molar-refractivity contribution in [3.63, 3.8) is 0 Å². The largest absolute Gasteiger partial charge is 0.497 e. The van der Waals surface area contributed by atoms with Crippen LogP contribution in [0.4, 0.5) is 14.9 Å². The number of hydrogen-bond donors (Lipinski definition) is 1. The van der Waals surface area contributed by atoms with Gasteiger partial charge in [0.05, 0.1) is 7.11 Å². The summed E-state index contributed by atoms with van der Waals surface area (Å²) in [7, 11) is 3.49. The van der Waals surface area contributed by atoms with Crippen molar-refractivity contribution in [2.75, 3.05) is 45.7 Å². The molecule has 30 heavy (non-hydrogen) atoms. The molecule has 5 nitrogen and oxygen atoms in total. The number of methoxy groups -OCH3 is 1. The van der Waals surface area contributed by atoms with Gasteiger partial charge in [-0.15, -0.1) is 0 Å². The van der Waals surface area contributed by atoms with Gasteiger partial charge >= 0.3 is 6.03 Å². The number of carbonyl (C=O) groups excluding carboxylic acids is 1. The van der Waals surface area contributed by atoms with Crippen LogP contribution >= 0.6 is 0 Å². The molecule has 6 heteroatoms. The minimum absolute atomic E-state index is 0.0910. The Bertz CT molecular complexity index is 841. The standard InChI is InChI=1S/C24H32FN3O2/c1-18-15-22(30-3)10-11-23(18)26-24(29)27(2)16-20-5-4-13-28(17-20)14-12-19-6-8-21(25)9-7-19/h6-11,15,20H,4-5,12-14,16-17H2,1-3H3,(H,26,29)/t20-/m0/s1. The zero-order valence-corrected chi connectivity index (χ0v) is 18.2. The van der Waals surface area contributed by atoms with E-state index in [1.165, 1.54) is 12.1 Å². The minimum atomic E-state index is -0.192. The van der Waals surface area contributed by atoms with E-state index < -0.39 is 0 Å². The fourth-order valence-corrected chi connectivity index (χ4v) is 4.03. The van der Waals surface area contributed by atoms with Gasteiger partial charge < -0.3 is 19.9 Å². The van der Waals surface area contributed by atoms with E-state index in [4.69, 9.17) is 4.74 Å². The van der Waals surface area contributed by atoms with Gasteiger partial charge in [-0.05, 0) is 80.1 Å². The van der Waals surface area contributed by atoms with Crippen LogP contribution in [0.5, 0.6) is 5.75 Å². The molecule has 1 atom stereocenters. The summed E-state index contributed by atoms with van der Waals surface area (Å²) in [4.78, 5) is 16.9.